The number of carbonyl (C=O) groups excluding carboxylic acids is 1. The lowest BCUT2D eigenvalue weighted by molar-refractivity contribution is 0.0928. The molecular formula is C13H21N3O. The van der Waals surface area contributed by atoms with Gasteiger partial charge in [0.25, 0.3) is 5.91 Å². The van der Waals surface area contributed by atoms with Crippen LogP contribution in [-0.2, 0) is 0 Å². The smallest absolute Gasteiger partial charge is 0.268 e. The second-order valence-electron chi connectivity index (χ2n) is 4.96. The first-order valence-electron chi connectivity index (χ1n) is 6.40. The summed E-state index contributed by atoms with van der Waals surface area (Å²) in [7, 11) is 0. The molecule has 2 rings (SSSR count). The Hall–Kier alpha value is -1.45. The van der Waals surface area contributed by atoms with Gasteiger partial charge in [-0.05, 0) is 32.3 Å². The SMILES string of the molecule is CCCC(C)NC(=O)c1cc(N)cn1C1CC1. The zero-order valence-electron chi connectivity index (χ0n) is 10.6. The Balaban J connectivity index is 2.07. The Bertz CT molecular complexity index is 407. The summed E-state index contributed by atoms with van der Waals surface area (Å²) in [5.74, 6) is -0.00505. The van der Waals surface area contributed by atoms with E-state index in [2.05, 4.69) is 12.2 Å². The maximum Gasteiger partial charge on any atom is 0.268 e. The summed E-state index contributed by atoms with van der Waals surface area (Å²) < 4.78 is 2.02. The highest BCUT2D eigenvalue weighted by Crippen LogP contribution is 2.37. The maximum absolute atomic E-state index is 12.1. The molecule has 0 bridgehead atoms. The summed E-state index contributed by atoms with van der Waals surface area (Å²) in [5.41, 5.74) is 7.14. The molecule has 94 valence electrons. The number of nitrogens with one attached hydrogen (secondary N) is 1. The molecular weight excluding hydrogens is 214 g/mol. The van der Waals surface area contributed by atoms with Gasteiger partial charge in [-0.1, -0.05) is 13.3 Å². The van der Waals surface area contributed by atoms with Gasteiger partial charge in [0.05, 0.1) is 5.69 Å². The van der Waals surface area contributed by atoms with Crippen molar-refractivity contribution in [1.82, 2.24) is 9.88 Å². The molecule has 0 radical (unpaired) electrons. The van der Waals surface area contributed by atoms with Crippen LogP contribution in [0.25, 0.3) is 0 Å². The molecule has 4 heteroatoms. The van der Waals surface area contributed by atoms with Crippen LogP contribution in [0, 0.1) is 0 Å². The lowest BCUT2D eigenvalue weighted by Crippen LogP contribution is -2.33. The van der Waals surface area contributed by atoms with Crippen LogP contribution in [0.2, 0.25) is 0 Å². The second-order valence-corrected chi connectivity index (χ2v) is 4.96. The molecule has 1 heterocycles. The molecule has 0 saturated heterocycles. The Morgan fingerprint density at radius 3 is 2.94 bits per heavy atom. The first kappa shape index (κ1) is 12.0. The topological polar surface area (TPSA) is 60.1 Å². The van der Waals surface area contributed by atoms with Gasteiger partial charge in [-0.15, -0.1) is 0 Å². The van der Waals surface area contributed by atoms with Gasteiger partial charge in [0.15, 0.2) is 0 Å². The zero-order valence-corrected chi connectivity index (χ0v) is 10.6. The Morgan fingerprint density at radius 2 is 2.35 bits per heavy atom. The first-order chi connectivity index (χ1) is 8.11. The molecule has 1 aliphatic carbocycles. The van der Waals surface area contributed by atoms with Crippen molar-refractivity contribution >= 4 is 11.6 Å². The largest absolute Gasteiger partial charge is 0.397 e. The molecule has 1 aromatic heterocycles. The summed E-state index contributed by atoms with van der Waals surface area (Å²) >= 11 is 0. The third-order valence-corrected chi connectivity index (χ3v) is 3.14. The van der Waals surface area contributed by atoms with Gasteiger partial charge < -0.3 is 15.6 Å². The predicted octanol–water partition coefficient (Wildman–Crippen LogP) is 2.32. The average Bonchev–Trinajstić information content (AvgIpc) is 3.02. The number of nitrogen functional groups attached to an aromatic ring is 1. The van der Waals surface area contributed by atoms with E-state index in [0.29, 0.717) is 17.4 Å². The fraction of sp³-hybridized carbons (Fsp3) is 0.615. The van der Waals surface area contributed by atoms with Crippen molar-refractivity contribution in [3.05, 3.63) is 18.0 Å². The van der Waals surface area contributed by atoms with Crippen molar-refractivity contribution in [3.8, 4) is 0 Å². The zero-order chi connectivity index (χ0) is 12.4. The molecule has 1 amide bonds. The minimum Gasteiger partial charge on any atom is -0.397 e. The highest BCUT2D eigenvalue weighted by molar-refractivity contribution is 5.94. The van der Waals surface area contributed by atoms with Gasteiger partial charge >= 0.3 is 0 Å². The second kappa shape index (κ2) is 4.82. The number of nitrogens with zero attached hydrogens (tertiary/aromatic N) is 1. The summed E-state index contributed by atoms with van der Waals surface area (Å²) in [6, 6.07) is 2.47. The quantitative estimate of drug-likeness (QED) is 0.822. The van der Waals surface area contributed by atoms with Crippen LogP contribution in [0.1, 0.15) is 56.1 Å². The number of hydrogen-bond donors (Lipinski definition) is 2. The van der Waals surface area contributed by atoms with E-state index in [1.165, 1.54) is 0 Å². The van der Waals surface area contributed by atoms with Crippen molar-refractivity contribution in [3.63, 3.8) is 0 Å². The normalized spacial score (nSPS) is 16.8. The van der Waals surface area contributed by atoms with Crippen LogP contribution in [0.15, 0.2) is 12.3 Å². The Kier molecular flexibility index (Phi) is 3.41. The van der Waals surface area contributed by atoms with E-state index < -0.39 is 0 Å². The molecule has 1 aromatic rings. The van der Waals surface area contributed by atoms with Crippen molar-refractivity contribution in [2.45, 2.75) is 51.6 Å². The number of anilines is 1. The average molecular weight is 235 g/mol. The van der Waals surface area contributed by atoms with E-state index in [9.17, 15) is 4.79 Å². The molecule has 3 N–H and O–H groups in total. The van der Waals surface area contributed by atoms with E-state index in [4.69, 9.17) is 5.73 Å². The molecule has 1 atom stereocenters. The lowest BCUT2D eigenvalue weighted by Gasteiger charge is -2.14. The Labute approximate surface area is 102 Å². The number of carbonyl (C=O) groups is 1. The van der Waals surface area contributed by atoms with Crippen LogP contribution in [0.3, 0.4) is 0 Å². The van der Waals surface area contributed by atoms with Crippen LogP contribution in [0.5, 0.6) is 0 Å². The van der Waals surface area contributed by atoms with E-state index in [1.807, 2.05) is 17.7 Å². The van der Waals surface area contributed by atoms with E-state index in [1.54, 1.807) is 6.07 Å². The van der Waals surface area contributed by atoms with Gasteiger partial charge in [-0.25, -0.2) is 0 Å². The highest BCUT2D eigenvalue weighted by atomic mass is 16.2. The van der Waals surface area contributed by atoms with E-state index >= 15 is 0 Å². The van der Waals surface area contributed by atoms with Crippen LogP contribution < -0.4 is 11.1 Å². The third kappa shape index (κ3) is 2.81. The molecule has 1 fully saturated rings. The van der Waals surface area contributed by atoms with Gasteiger partial charge in [-0.3, -0.25) is 4.79 Å². The minimum atomic E-state index is -0.00505. The molecule has 0 spiro atoms. The molecule has 1 aliphatic rings. The molecule has 1 saturated carbocycles. The van der Waals surface area contributed by atoms with Gasteiger partial charge in [0, 0.05) is 18.3 Å². The third-order valence-electron chi connectivity index (χ3n) is 3.14. The fourth-order valence-corrected chi connectivity index (χ4v) is 2.14. The van der Waals surface area contributed by atoms with Gasteiger partial charge in [0.2, 0.25) is 0 Å². The fourth-order valence-electron chi connectivity index (χ4n) is 2.14. The summed E-state index contributed by atoms with van der Waals surface area (Å²) in [6.07, 6.45) is 6.26. The minimum absolute atomic E-state index is 0.00505. The number of amides is 1. The van der Waals surface area contributed by atoms with Crippen molar-refractivity contribution < 1.29 is 4.79 Å². The summed E-state index contributed by atoms with van der Waals surface area (Å²) in [5, 5.41) is 3.02. The highest BCUT2D eigenvalue weighted by Gasteiger charge is 2.27. The van der Waals surface area contributed by atoms with Crippen molar-refractivity contribution in [2.75, 3.05) is 5.73 Å². The molecule has 17 heavy (non-hydrogen) atoms. The maximum atomic E-state index is 12.1. The van der Waals surface area contributed by atoms with Gasteiger partial charge in [0.1, 0.15) is 5.69 Å². The van der Waals surface area contributed by atoms with E-state index in [0.717, 1.165) is 25.7 Å². The van der Waals surface area contributed by atoms with Crippen molar-refractivity contribution in [2.24, 2.45) is 0 Å². The number of nitrogens with two attached hydrogens (primary N) is 1. The van der Waals surface area contributed by atoms with Crippen LogP contribution in [0.4, 0.5) is 5.69 Å². The Morgan fingerprint density at radius 1 is 1.65 bits per heavy atom. The molecule has 0 aromatic carbocycles. The van der Waals surface area contributed by atoms with Gasteiger partial charge in [-0.2, -0.15) is 0 Å². The number of aromatic nitrogens is 1. The predicted molar refractivity (Wildman–Crippen MR) is 69.0 cm³/mol. The summed E-state index contributed by atoms with van der Waals surface area (Å²) in [4.78, 5) is 12.1. The van der Waals surface area contributed by atoms with Crippen LogP contribution in [-0.4, -0.2) is 16.5 Å². The van der Waals surface area contributed by atoms with Crippen molar-refractivity contribution in [1.29, 1.82) is 0 Å². The molecule has 0 aliphatic heterocycles. The summed E-state index contributed by atoms with van der Waals surface area (Å²) in [6.45, 7) is 4.16. The monoisotopic (exact) mass is 235 g/mol. The lowest BCUT2D eigenvalue weighted by atomic mass is 10.2. The number of hydrogen-bond acceptors (Lipinski definition) is 2. The van der Waals surface area contributed by atoms with E-state index in [-0.39, 0.29) is 11.9 Å². The van der Waals surface area contributed by atoms with Crippen LogP contribution >= 0.6 is 0 Å². The first-order valence-corrected chi connectivity index (χ1v) is 6.40. The number of rotatable bonds is 5. The standard InChI is InChI=1S/C13H21N3O/c1-3-4-9(2)15-13(17)12-7-10(14)8-16(12)11-5-6-11/h7-9,11H,3-6,14H2,1-2H3,(H,15,17). The molecule has 4 nitrogen and oxygen atoms in total. The molecule has 1 unspecified atom stereocenters.